The van der Waals surface area contributed by atoms with Gasteiger partial charge in [-0.2, -0.15) is 0 Å². The first-order chi connectivity index (χ1) is 14.0. The maximum atomic E-state index is 12.1. The number of hydrogen-bond donors (Lipinski definition) is 1. The van der Waals surface area contributed by atoms with Crippen molar-refractivity contribution >= 4 is 23.6 Å². The molecule has 1 aromatic heterocycles. The maximum Gasteiger partial charge on any atom is 0.277 e. The van der Waals surface area contributed by atoms with Crippen LogP contribution in [-0.2, 0) is 16.0 Å². The molecule has 2 aromatic carbocycles. The first kappa shape index (κ1) is 20.4. The lowest BCUT2D eigenvalue weighted by Crippen LogP contribution is -2.49. The van der Waals surface area contributed by atoms with Gasteiger partial charge in [-0.3, -0.25) is 4.79 Å². The normalized spacial score (nSPS) is 11.6. The third-order valence-corrected chi connectivity index (χ3v) is 4.79. The Morgan fingerprint density at radius 2 is 1.86 bits per heavy atom. The van der Waals surface area contributed by atoms with E-state index in [9.17, 15) is 14.7 Å². The Labute approximate surface area is 171 Å². The van der Waals surface area contributed by atoms with Gasteiger partial charge in [-0.15, -0.1) is 10.2 Å². The summed E-state index contributed by atoms with van der Waals surface area (Å²) >= 11 is 1.02. The highest BCUT2D eigenvalue weighted by molar-refractivity contribution is 7.99. The molecule has 0 aliphatic carbocycles. The largest absolute Gasteiger partial charge is 0.548 e. The average Bonchev–Trinajstić information content (AvgIpc) is 3.21. The number of hydrogen-bond acceptors (Lipinski definition) is 8. The summed E-state index contributed by atoms with van der Waals surface area (Å²) in [5.41, 5.74) is 1.50. The van der Waals surface area contributed by atoms with Crippen LogP contribution in [0.5, 0.6) is 5.75 Å². The van der Waals surface area contributed by atoms with Crippen LogP contribution in [0.2, 0.25) is 0 Å². The summed E-state index contributed by atoms with van der Waals surface area (Å²) in [5.74, 6) is -0.858. The third-order valence-electron chi connectivity index (χ3n) is 3.97. The fraction of sp³-hybridized carbons (Fsp3) is 0.200. The molecule has 0 radical (unpaired) electrons. The van der Waals surface area contributed by atoms with Crippen LogP contribution in [0, 0.1) is 0 Å². The molecule has 1 atom stereocenters. The number of thioether (sulfide) groups is 1. The monoisotopic (exact) mass is 412 g/mol. The molecule has 1 heterocycles. The molecule has 0 saturated carbocycles. The molecule has 1 amide bonds. The minimum atomic E-state index is -1.34. The SMILES string of the molecule is COc1ccc(-c2nnc(SCC(=O)N[C@@H](Cc3ccccc3)C(=O)[O-])o2)cc1. The van der Waals surface area contributed by atoms with Gasteiger partial charge in [-0.05, 0) is 36.2 Å². The second-order valence-electron chi connectivity index (χ2n) is 6.02. The predicted molar refractivity (Wildman–Crippen MR) is 104 cm³/mol. The van der Waals surface area contributed by atoms with Crippen molar-refractivity contribution in [1.82, 2.24) is 15.5 Å². The number of amides is 1. The molecular weight excluding hydrogens is 394 g/mol. The van der Waals surface area contributed by atoms with Crippen molar-refractivity contribution in [3.05, 3.63) is 60.2 Å². The summed E-state index contributed by atoms with van der Waals surface area (Å²) in [5, 5.41) is 21.9. The minimum Gasteiger partial charge on any atom is -0.548 e. The molecule has 0 spiro atoms. The summed E-state index contributed by atoms with van der Waals surface area (Å²) in [6.45, 7) is 0. The van der Waals surface area contributed by atoms with Crippen LogP contribution in [0.15, 0.2) is 64.2 Å². The predicted octanol–water partition coefficient (Wildman–Crippen LogP) is 1.31. The number of carboxylic acid groups (broad SMARTS) is 1. The first-order valence-corrected chi connectivity index (χ1v) is 9.68. The molecule has 3 aromatic rings. The number of carbonyl (C=O) groups excluding carboxylic acids is 2. The van der Waals surface area contributed by atoms with Crippen molar-refractivity contribution in [2.24, 2.45) is 0 Å². The number of carboxylic acids is 1. The van der Waals surface area contributed by atoms with Gasteiger partial charge in [0.1, 0.15) is 5.75 Å². The van der Waals surface area contributed by atoms with Gasteiger partial charge < -0.3 is 24.4 Å². The van der Waals surface area contributed by atoms with E-state index in [0.29, 0.717) is 11.6 Å². The Bertz CT molecular complexity index is 960. The van der Waals surface area contributed by atoms with E-state index in [-0.39, 0.29) is 17.4 Å². The molecule has 0 unspecified atom stereocenters. The van der Waals surface area contributed by atoms with E-state index >= 15 is 0 Å². The Morgan fingerprint density at radius 3 is 2.52 bits per heavy atom. The number of rotatable bonds is 9. The topological polar surface area (TPSA) is 117 Å². The maximum absolute atomic E-state index is 12.1. The van der Waals surface area contributed by atoms with E-state index in [1.165, 1.54) is 0 Å². The van der Waals surface area contributed by atoms with Crippen molar-refractivity contribution < 1.29 is 23.8 Å². The van der Waals surface area contributed by atoms with Crippen LogP contribution in [0.3, 0.4) is 0 Å². The lowest BCUT2D eigenvalue weighted by molar-refractivity contribution is -0.308. The van der Waals surface area contributed by atoms with E-state index in [1.807, 2.05) is 6.07 Å². The number of nitrogens with zero attached hydrogens (tertiary/aromatic N) is 2. The number of ether oxygens (including phenoxy) is 1. The smallest absolute Gasteiger partial charge is 0.277 e. The van der Waals surface area contributed by atoms with E-state index in [4.69, 9.17) is 9.15 Å². The van der Waals surface area contributed by atoms with Crippen molar-refractivity contribution in [2.45, 2.75) is 17.7 Å². The number of nitrogens with one attached hydrogen (secondary N) is 1. The lowest BCUT2D eigenvalue weighted by Gasteiger charge is -2.19. The molecule has 0 bridgehead atoms. The van der Waals surface area contributed by atoms with Crippen LogP contribution < -0.4 is 15.2 Å². The number of carbonyl (C=O) groups is 2. The number of aliphatic carboxylic acids is 1. The molecule has 9 heteroatoms. The number of methoxy groups -OCH3 is 1. The van der Waals surface area contributed by atoms with Gasteiger partial charge in [-0.25, -0.2) is 0 Å². The second kappa shape index (κ2) is 9.74. The van der Waals surface area contributed by atoms with Gasteiger partial charge in [-0.1, -0.05) is 42.1 Å². The fourth-order valence-electron chi connectivity index (χ4n) is 2.52. The van der Waals surface area contributed by atoms with E-state index in [2.05, 4.69) is 15.5 Å². The van der Waals surface area contributed by atoms with Crippen molar-refractivity contribution in [1.29, 1.82) is 0 Å². The van der Waals surface area contributed by atoms with Crippen LogP contribution >= 0.6 is 11.8 Å². The van der Waals surface area contributed by atoms with Crippen LogP contribution in [0.1, 0.15) is 5.56 Å². The highest BCUT2D eigenvalue weighted by atomic mass is 32.2. The molecular formula is C20H18N3O5S-. The zero-order valence-corrected chi connectivity index (χ0v) is 16.3. The summed E-state index contributed by atoms with van der Waals surface area (Å²) in [4.78, 5) is 23.5. The standard InChI is InChI=1S/C20H19N3O5S/c1-27-15-9-7-14(8-10-15)18-22-23-20(28-18)29-12-17(24)21-16(19(25)26)11-13-5-3-2-4-6-13/h2-10,16H,11-12H2,1H3,(H,21,24)(H,25,26)/p-1/t16-/m0/s1. The molecule has 3 rings (SSSR count). The van der Waals surface area contributed by atoms with E-state index in [1.54, 1.807) is 55.6 Å². The summed E-state index contributed by atoms with van der Waals surface area (Å²) in [6, 6.07) is 15.0. The van der Waals surface area contributed by atoms with Crippen molar-refractivity contribution in [3.8, 4) is 17.2 Å². The van der Waals surface area contributed by atoms with Gasteiger partial charge in [0.15, 0.2) is 0 Å². The molecule has 0 saturated heterocycles. The Hall–Kier alpha value is -3.33. The van der Waals surface area contributed by atoms with Crippen LogP contribution in [-0.4, -0.2) is 41.0 Å². The average molecular weight is 412 g/mol. The van der Waals surface area contributed by atoms with Crippen molar-refractivity contribution in [2.75, 3.05) is 12.9 Å². The molecule has 1 N–H and O–H groups in total. The molecule has 150 valence electrons. The Balaban J connectivity index is 1.54. The van der Waals surface area contributed by atoms with Gasteiger partial charge >= 0.3 is 0 Å². The lowest BCUT2D eigenvalue weighted by atomic mass is 10.1. The third kappa shape index (κ3) is 5.82. The molecule has 0 aliphatic heterocycles. The zero-order valence-electron chi connectivity index (χ0n) is 15.5. The van der Waals surface area contributed by atoms with Crippen LogP contribution in [0.25, 0.3) is 11.5 Å². The summed E-state index contributed by atoms with van der Waals surface area (Å²) in [7, 11) is 1.58. The second-order valence-corrected chi connectivity index (χ2v) is 6.95. The first-order valence-electron chi connectivity index (χ1n) is 8.70. The van der Waals surface area contributed by atoms with E-state index in [0.717, 1.165) is 22.9 Å². The van der Waals surface area contributed by atoms with Gasteiger partial charge in [0.05, 0.1) is 24.9 Å². The highest BCUT2D eigenvalue weighted by Crippen LogP contribution is 2.24. The van der Waals surface area contributed by atoms with Crippen LogP contribution in [0.4, 0.5) is 0 Å². The number of benzene rings is 2. The molecule has 29 heavy (non-hydrogen) atoms. The van der Waals surface area contributed by atoms with Gasteiger partial charge in [0.2, 0.25) is 11.8 Å². The zero-order chi connectivity index (χ0) is 20.6. The quantitative estimate of drug-likeness (QED) is 0.523. The van der Waals surface area contributed by atoms with Crippen molar-refractivity contribution in [3.63, 3.8) is 0 Å². The summed E-state index contributed by atoms with van der Waals surface area (Å²) in [6.07, 6.45) is 0.141. The molecule has 8 nitrogen and oxygen atoms in total. The Morgan fingerprint density at radius 1 is 1.14 bits per heavy atom. The highest BCUT2D eigenvalue weighted by Gasteiger charge is 2.16. The fourth-order valence-corrected chi connectivity index (χ4v) is 3.10. The van der Waals surface area contributed by atoms with E-state index < -0.39 is 17.9 Å². The van der Waals surface area contributed by atoms with Gasteiger partial charge in [0, 0.05) is 5.56 Å². The number of aromatic nitrogens is 2. The molecule has 0 aliphatic rings. The Kier molecular flexibility index (Phi) is 6.85. The molecule has 0 fully saturated rings. The summed E-state index contributed by atoms with van der Waals surface area (Å²) < 4.78 is 10.6. The van der Waals surface area contributed by atoms with Gasteiger partial charge in [0.25, 0.3) is 5.22 Å². The minimum absolute atomic E-state index is 0.0667.